The van der Waals surface area contributed by atoms with Crippen molar-refractivity contribution in [1.29, 1.82) is 0 Å². The van der Waals surface area contributed by atoms with Gasteiger partial charge in [0.1, 0.15) is 11.3 Å². The fourth-order valence-corrected chi connectivity index (χ4v) is 3.32. The molecule has 0 spiro atoms. The highest BCUT2D eigenvalue weighted by atomic mass is 16.5. The number of phenols is 1. The molecule has 0 saturated heterocycles. The average molecular weight is 391 g/mol. The zero-order valence-electron chi connectivity index (χ0n) is 16.2. The summed E-state index contributed by atoms with van der Waals surface area (Å²) in [6.45, 7) is 0.377. The van der Waals surface area contributed by atoms with Gasteiger partial charge in [-0.1, -0.05) is 12.1 Å². The van der Waals surface area contributed by atoms with E-state index >= 15 is 0 Å². The summed E-state index contributed by atoms with van der Waals surface area (Å²) in [5, 5.41) is 10.5. The molecule has 0 aliphatic carbocycles. The summed E-state index contributed by atoms with van der Waals surface area (Å²) in [6, 6.07) is 12.7. The number of benzene rings is 2. The number of rotatable bonds is 6. The Hall–Kier alpha value is -3.58. The maximum atomic E-state index is 10.5. The Bertz CT molecular complexity index is 1160. The summed E-state index contributed by atoms with van der Waals surface area (Å²) in [5.41, 5.74) is 10.5. The molecule has 2 aromatic carbocycles. The van der Waals surface area contributed by atoms with Gasteiger partial charge in [0.2, 0.25) is 5.89 Å². The number of pyridine rings is 1. The van der Waals surface area contributed by atoms with Crippen molar-refractivity contribution in [2.75, 3.05) is 14.2 Å². The number of nitrogens with zero attached hydrogens (tertiary/aromatic N) is 2. The molecule has 4 rings (SSSR count). The molecule has 3 N–H and O–H groups in total. The van der Waals surface area contributed by atoms with Gasteiger partial charge >= 0.3 is 0 Å². The van der Waals surface area contributed by atoms with Gasteiger partial charge < -0.3 is 24.7 Å². The number of methoxy groups -OCH3 is 2. The largest absolute Gasteiger partial charge is 0.507 e. The third kappa shape index (κ3) is 3.48. The van der Waals surface area contributed by atoms with E-state index in [0.29, 0.717) is 41.1 Å². The van der Waals surface area contributed by atoms with Crippen molar-refractivity contribution in [2.24, 2.45) is 5.73 Å². The minimum atomic E-state index is -0.0143. The van der Waals surface area contributed by atoms with Gasteiger partial charge in [-0.3, -0.25) is 4.98 Å². The quantitative estimate of drug-likeness (QED) is 0.517. The SMILES string of the molecule is COc1cc(O)c(-c2nc3c(Cc4ccccn4)c(CN)ccc3o2)cc1OC. The van der Waals surface area contributed by atoms with E-state index < -0.39 is 0 Å². The van der Waals surface area contributed by atoms with Crippen molar-refractivity contribution in [1.82, 2.24) is 9.97 Å². The van der Waals surface area contributed by atoms with Crippen LogP contribution >= 0.6 is 0 Å². The molecule has 0 bridgehead atoms. The summed E-state index contributed by atoms with van der Waals surface area (Å²) in [6.07, 6.45) is 2.34. The van der Waals surface area contributed by atoms with Gasteiger partial charge in [0, 0.05) is 37.0 Å². The first-order valence-corrected chi connectivity index (χ1v) is 9.11. The number of hydrogen-bond donors (Lipinski definition) is 2. The molecule has 0 atom stereocenters. The Kier molecular flexibility index (Phi) is 5.05. The van der Waals surface area contributed by atoms with Crippen molar-refractivity contribution in [3.8, 4) is 28.7 Å². The Balaban J connectivity index is 1.86. The molecule has 7 nitrogen and oxygen atoms in total. The third-order valence-electron chi connectivity index (χ3n) is 4.80. The summed E-state index contributed by atoms with van der Waals surface area (Å²) < 4.78 is 16.5. The zero-order valence-corrected chi connectivity index (χ0v) is 16.2. The van der Waals surface area contributed by atoms with Crippen LogP contribution in [0.3, 0.4) is 0 Å². The van der Waals surface area contributed by atoms with Crippen LogP contribution in [-0.4, -0.2) is 29.3 Å². The Labute approximate surface area is 167 Å². The summed E-state index contributed by atoms with van der Waals surface area (Å²) in [7, 11) is 3.04. The zero-order chi connectivity index (χ0) is 20.4. The molecule has 0 radical (unpaired) electrons. The third-order valence-corrected chi connectivity index (χ3v) is 4.80. The Morgan fingerprint density at radius 1 is 1.07 bits per heavy atom. The fraction of sp³-hybridized carbons (Fsp3) is 0.182. The second-order valence-electron chi connectivity index (χ2n) is 6.50. The average Bonchev–Trinajstić information content (AvgIpc) is 3.19. The highest BCUT2D eigenvalue weighted by Gasteiger charge is 2.19. The van der Waals surface area contributed by atoms with E-state index in [1.54, 1.807) is 12.3 Å². The van der Waals surface area contributed by atoms with Crippen LogP contribution in [0.15, 0.2) is 53.1 Å². The first kappa shape index (κ1) is 18.8. The molecule has 7 heteroatoms. The molecular formula is C22H21N3O4. The second kappa shape index (κ2) is 7.81. The van der Waals surface area contributed by atoms with Crippen molar-refractivity contribution in [2.45, 2.75) is 13.0 Å². The van der Waals surface area contributed by atoms with Gasteiger partial charge in [0.15, 0.2) is 17.1 Å². The number of fused-ring (bicyclic) bond motifs is 1. The van der Waals surface area contributed by atoms with E-state index in [1.807, 2.05) is 30.3 Å². The topological polar surface area (TPSA) is 104 Å². The summed E-state index contributed by atoms with van der Waals surface area (Å²) in [5.74, 6) is 1.17. The standard InChI is InChI=1S/C22H21N3O4/c1-27-19-10-16(17(26)11-20(19)28-2)22-25-21-15(9-14-5-3-4-8-24-14)13(12-23)6-7-18(21)29-22/h3-8,10-11,26H,9,12,23H2,1-2H3. The first-order valence-electron chi connectivity index (χ1n) is 9.11. The molecule has 0 aliphatic heterocycles. The monoisotopic (exact) mass is 391 g/mol. The second-order valence-corrected chi connectivity index (χ2v) is 6.50. The lowest BCUT2D eigenvalue weighted by atomic mass is 10.0. The molecule has 0 aliphatic rings. The Morgan fingerprint density at radius 3 is 2.55 bits per heavy atom. The van der Waals surface area contributed by atoms with Crippen molar-refractivity contribution >= 4 is 11.1 Å². The van der Waals surface area contributed by atoms with Crippen LogP contribution in [-0.2, 0) is 13.0 Å². The van der Waals surface area contributed by atoms with Crippen LogP contribution < -0.4 is 15.2 Å². The first-order chi connectivity index (χ1) is 14.1. The molecule has 0 saturated carbocycles. The molecule has 29 heavy (non-hydrogen) atoms. The number of aromatic hydroxyl groups is 1. The van der Waals surface area contributed by atoms with E-state index in [1.165, 1.54) is 20.3 Å². The number of hydrogen-bond acceptors (Lipinski definition) is 7. The molecule has 148 valence electrons. The summed E-state index contributed by atoms with van der Waals surface area (Å²) in [4.78, 5) is 9.08. The number of nitrogens with two attached hydrogens (primary N) is 1. The van der Waals surface area contributed by atoms with Crippen LogP contribution in [0.1, 0.15) is 16.8 Å². The van der Waals surface area contributed by atoms with Gasteiger partial charge in [0.05, 0.1) is 19.8 Å². The minimum absolute atomic E-state index is 0.0143. The number of phenolic OH excluding ortho intramolecular Hbond substituents is 1. The predicted molar refractivity (Wildman–Crippen MR) is 109 cm³/mol. The number of aromatic nitrogens is 2. The van der Waals surface area contributed by atoms with E-state index in [9.17, 15) is 5.11 Å². The van der Waals surface area contributed by atoms with Crippen molar-refractivity contribution < 1.29 is 19.0 Å². The lowest BCUT2D eigenvalue weighted by Gasteiger charge is -2.09. The van der Waals surface area contributed by atoms with Gasteiger partial charge in [-0.05, 0) is 29.3 Å². The molecule has 2 heterocycles. The molecule has 0 amide bonds. The minimum Gasteiger partial charge on any atom is -0.507 e. The van der Waals surface area contributed by atoms with Crippen molar-refractivity contribution in [3.05, 3.63) is 65.5 Å². The maximum absolute atomic E-state index is 10.5. The molecule has 2 aromatic heterocycles. The molecule has 0 fully saturated rings. The highest BCUT2D eigenvalue weighted by Crippen LogP contribution is 2.40. The summed E-state index contributed by atoms with van der Waals surface area (Å²) >= 11 is 0. The fourth-order valence-electron chi connectivity index (χ4n) is 3.32. The normalized spacial score (nSPS) is 11.0. The van der Waals surface area contributed by atoms with Crippen LogP contribution in [0.5, 0.6) is 17.2 Å². The van der Waals surface area contributed by atoms with E-state index in [0.717, 1.165) is 16.8 Å². The predicted octanol–water partition coefficient (Wildman–Crippen LogP) is 3.66. The van der Waals surface area contributed by atoms with E-state index in [2.05, 4.69) is 9.97 Å². The molecular weight excluding hydrogens is 370 g/mol. The van der Waals surface area contributed by atoms with Crippen LogP contribution in [0.4, 0.5) is 0 Å². The molecule has 4 aromatic rings. The lowest BCUT2D eigenvalue weighted by Crippen LogP contribution is -2.04. The smallest absolute Gasteiger partial charge is 0.231 e. The van der Waals surface area contributed by atoms with Crippen LogP contribution in [0.25, 0.3) is 22.6 Å². The Morgan fingerprint density at radius 2 is 1.86 bits per heavy atom. The maximum Gasteiger partial charge on any atom is 0.231 e. The molecule has 0 unspecified atom stereocenters. The van der Waals surface area contributed by atoms with Gasteiger partial charge in [-0.15, -0.1) is 0 Å². The van der Waals surface area contributed by atoms with Crippen LogP contribution in [0, 0.1) is 0 Å². The van der Waals surface area contributed by atoms with E-state index in [4.69, 9.17) is 19.6 Å². The number of ether oxygens (including phenoxy) is 2. The van der Waals surface area contributed by atoms with Gasteiger partial charge in [-0.2, -0.15) is 0 Å². The van der Waals surface area contributed by atoms with Crippen molar-refractivity contribution in [3.63, 3.8) is 0 Å². The van der Waals surface area contributed by atoms with E-state index in [-0.39, 0.29) is 11.6 Å². The number of oxazole rings is 1. The van der Waals surface area contributed by atoms with Gasteiger partial charge in [0.25, 0.3) is 0 Å². The highest BCUT2D eigenvalue weighted by molar-refractivity contribution is 5.82. The van der Waals surface area contributed by atoms with Gasteiger partial charge in [-0.25, -0.2) is 4.98 Å². The lowest BCUT2D eigenvalue weighted by molar-refractivity contribution is 0.351. The van der Waals surface area contributed by atoms with Crippen LogP contribution in [0.2, 0.25) is 0 Å².